The molecule has 3 nitrogen and oxygen atoms in total. The fourth-order valence-corrected chi connectivity index (χ4v) is 2.58. The lowest BCUT2D eigenvalue weighted by molar-refractivity contribution is 0.941. The van der Waals surface area contributed by atoms with Crippen LogP contribution < -0.4 is 0 Å². The second-order valence-corrected chi connectivity index (χ2v) is 5.09. The van der Waals surface area contributed by atoms with Crippen LogP contribution in [0.15, 0.2) is 42.6 Å². The van der Waals surface area contributed by atoms with Gasteiger partial charge >= 0.3 is 0 Å². The lowest BCUT2D eigenvalue weighted by Gasteiger charge is -2.05. The Labute approximate surface area is 117 Å². The van der Waals surface area contributed by atoms with Crippen LogP contribution in [0, 0.1) is 3.57 Å². The van der Waals surface area contributed by atoms with Gasteiger partial charge in [-0.15, -0.1) is 0 Å². The number of fused-ring (bicyclic) bond motifs is 1. The zero-order valence-corrected chi connectivity index (χ0v) is 11.6. The summed E-state index contributed by atoms with van der Waals surface area (Å²) in [6.07, 6.45) is 1.69. The summed E-state index contributed by atoms with van der Waals surface area (Å²) in [5.41, 5.74) is 2.71. The van der Waals surface area contributed by atoms with Gasteiger partial charge in [0.15, 0.2) is 5.65 Å². The average Bonchev–Trinajstić information content (AvgIpc) is 2.78. The van der Waals surface area contributed by atoms with Gasteiger partial charge < -0.3 is 0 Å². The van der Waals surface area contributed by atoms with Crippen molar-refractivity contribution in [1.82, 2.24) is 14.6 Å². The predicted octanol–water partition coefficient (Wildman–Crippen LogP) is 3.65. The summed E-state index contributed by atoms with van der Waals surface area (Å²) in [6, 6.07) is 11.8. The first-order valence-corrected chi connectivity index (χ1v) is 6.46. The SMILES string of the molecule is Clc1cc(-c2ccccc2I)nc2ccnn12. The third-order valence-corrected chi connectivity index (χ3v) is 3.68. The van der Waals surface area contributed by atoms with E-state index in [-0.39, 0.29) is 0 Å². The van der Waals surface area contributed by atoms with Crippen molar-refractivity contribution < 1.29 is 0 Å². The molecule has 2 heterocycles. The number of halogens is 2. The molecule has 0 aliphatic heterocycles. The Morgan fingerprint density at radius 2 is 2.00 bits per heavy atom. The molecule has 3 aromatic rings. The van der Waals surface area contributed by atoms with Gasteiger partial charge in [0.05, 0.1) is 11.9 Å². The van der Waals surface area contributed by atoms with Crippen LogP contribution in [0.2, 0.25) is 5.15 Å². The molecule has 0 saturated heterocycles. The summed E-state index contributed by atoms with van der Waals surface area (Å²) < 4.78 is 2.76. The van der Waals surface area contributed by atoms with E-state index in [2.05, 4.69) is 32.7 Å². The van der Waals surface area contributed by atoms with Crippen molar-refractivity contribution in [2.75, 3.05) is 0 Å². The number of nitrogens with zero attached hydrogens (tertiary/aromatic N) is 3. The summed E-state index contributed by atoms with van der Waals surface area (Å²) in [6.45, 7) is 0. The molecule has 3 rings (SSSR count). The molecule has 5 heteroatoms. The molecule has 0 spiro atoms. The highest BCUT2D eigenvalue weighted by molar-refractivity contribution is 14.1. The van der Waals surface area contributed by atoms with E-state index in [1.807, 2.05) is 36.4 Å². The third-order valence-electron chi connectivity index (χ3n) is 2.47. The van der Waals surface area contributed by atoms with E-state index in [4.69, 9.17) is 11.6 Å². The molecule has 0 aliphatic rings. The van der Waals surface area contributed by atoms with Crippen molar-refractivity contribution in [3.05, 3.63) is 51.3 Å². The Hall–Kier alpha value is -1.14. The maximum absolute atomic E-state index is 6.16. The van der Waals surface area contributed by atoms with Gasteiger partial charge in [0, 0.05) is 21.3 Å². The molecule has 84 valence electrons. The van der Waals surface area contributed by atoms with Crippen LogP contribution in [-0.2, 0) is 0 Å². The van der Waals surface area contributed by atoms with Crippen molar-refractivity contribution >= 4 is 39.8 Å². The minimum Gasteiger partial charge on any atom is -0.228 e. The first kappa shape index (κ1) is 11.0. The number of hydrogen-bond donors (Lipinski definition) is 0. The molecule has 0 atom stereocenters. The Morgan fingerprint density at radius 3 is 2.82 bits per heavy atom. The van der Waals surface area contributed by atoms with E-state index in [0.717, 1.165) is 20.5 Å². The molecular weight excluding hydrogens is 349 g/mol. The Bertz CT molecular complexity index is 693. The average molecular weight is 356 g/mol. The van der Waals surface area contributed by atoms with Crippen molar-refractivity contribution in [3.63, 3.8) is 0 Å². The van der Waals surface area contributed by atoms with Crippen molar-refractivity contribution in [2.45, 2.75) is 0 Å². The molecular formula is C12H7ClIN3. The van der Waals surface area contributed by atoms with Crippen LogP contribution in [-0.4, -0.2) is 14.6 Å². The Balaban J connectivity index is 2.28. The largest absolute Gasteiger partial charge is 0.228 e. The summed E-state index contributed by atoms with van der Waals surface area (Å²) in [5.74, 6) is 0. The van der Waals surface area contributed by atoms with Gasteiger partial charge in [0.2, 0.25) is 0 Å². The highest BCUT2D eigenvalue weighted by Crippen LogP contribution is 2.26. The van der Waals surface area contributed by atoms with Gasteiger partial charge in [0.25, 0.3) is 0 Å². The first-order chi connectivity index (χ1) is 8.25. The molecule has 0 radical (unpaired) electrons. The Morgan fingerprint density at radius 1 is 1.18 bits per heavy atom. The van der Waals surface area contributed by atoms with Crippen LogP contribution in [0.3, 0.4) is 0 Å². The lowest BCUT2D eigenvalue weighted by Crippen LogP contribution is -1.95. The van der Waals surface area contributed by atoms with E-state index >= 15 is 0 Å². The zero-order chi connectivity index (χ0) is 11.8. The maximum Gasteiger partial charge on any atom is 0.157 e. The molecule has 2 aromatic heterocycles. The van der Waals surface area contributed by atoms with Gasteiger partial charge in [-0.1, -0.05) is 29.8 Å². The lowest BCUT2D eigenvalue weighted by atomic mass is 10.1. The highest BCUT2D eigenvalue weighted by Gasteiger charge is 2.08. The van der Waals surface area contributed by atoms with E-state index in [1.54, 1.807) is 10.7 Å². The molecule has 0 amide bonds. The van der Waals surface area contributed by atoms with E-state index in [1.165, 1.54) is 0 Å². The van der Waals surface area contributed by atoms with E-state index in [0.29, 0.717) is 5.15 Å². The van der Waals surface area contributed by atoms with Crippen LogP contribution in [0.25, 0.3) is 16.9 Å². The summed E-state index contributed by atoms with van der Waals surface area (Å²) in [4.78, 5) is 4.54. The number of benzene rings is 1. The molecule has 0 bridgehead atoms. The number of rotatable bonds is 1. The number of hydrogen-bond acceptors (Lipinski definition) is 2. The highest BCUT2D eigenvalue weighted by atomic mass is 127. The number of aromatic nitrogens is 3. The van der Waals surface area contributed by atoms with E-state index < -0.39 is 0 Å². The van der Waals surface area contributed by atoms with Gasteiger partial charge in [-0.05, 0) is 28.7 Å². The normalized spacial score (nSPS) is 10.9. The molecule has 0 aliphatic carbocycles. The van der Waals surface area contributed by atoms with Crippen molar-refractivity contribution in [3.8, 4) is 11.3 Å². The maximum atomic E-state index is 6.16. The third kappa shape index (κ3) is 1.91. The monoisotopic (exact) mass is 355 g/mol. The molecule has 0 fully saturated rings. The zero-order valence-electron chi connectivity index (χ0n) is 8.64. The molecule has 0 unspecified atom stereocenters. The van der Waals surface area contributed by atoms with Crippen LogP contribution in [0.5, 0.6) is 0 Å². The Kier molecular flexibility index (Phi) is 2.76. The quantitative estimate of drug-likeness (QED) is 0.493. The first-order valence-electron chi connectivity index (χ1n) is 5.01. The smallest absolute Gasteiger partial charge is 0.157 e. The summed E-state index contributed by atoms with van der Waals surface area (Å²) >= 11 is 8.46. The van der Waals surface area contributed by atoms with Gasteiger partial charge in [0.1, 0.15) is 5.15 Å². The van der Waals surface area contributed by atoms with Crippen LogP contribution in [0.1, 0.15) is 0 Å². The van der Waals surface area contributed by atoms with Crippen LogP contribution >= 0.6 is 34.2 Å². The standard InChI is InChI=1S/C12H7ClIN3/c13-11-7-10(8-3-1-2-4-9(8)14)16-12-5-6-15-17(11)12/h1-7H. The van der Waals surface area contributed by atoms with Gasteiger partial charge in [-0.25, -0.2) is 9.50 Å². The fourth-order valence-electron chi connectivity index (χ4n) is 1.68. The predicted molar refractivity (Wildman–Crippen MR) is 76.2 cm³/mol. The van der Waals surface area contributed by atoms with Gasteiger partial charge in [-0.2, -0.15) is 5.10 Å². The topological polar surface area (TPSA) is 30.2 Å². The second kappa shape index (κ2) is 4.27. The molecule has 0 saturated carbocycles. The molecule has 17 heavy (non-hydrogen) atoms. The molecule has 1 aromatic carbocycles. The van der Waals surface area contributed by atoms with Crippen molar-refractivity contribution in [1.29, 1.82) is 0 Å². The summed E-state index contributed by atoms with van der Waals surface area (Å²) in [5, 5.41) is 4.66. The minimum atomic E-state index is 0.564. The summed E-state index contributed by atoms with van der Waals surface area (Å²) in [7, 11) is 0. The van der Waals surface area contributed by atoms with Gasteiger partial charge in [-0.3, -0.25) is 0 Å². The fraction of sp³-hybridized carbons (Fsp3) is 0. The van der Waals surface area contributed by atoms with Crippen LogP contribution in [0.4, 0.5) is 0 Å². The van der Waals surface area contributed by atoms with E-state index in [9.17, 15) is 0 Å². The minimum absolute atomic E-state index is 0.564. The second-order valence-electron chi connectivity index (χ2n) is 3.55. The van der Waals surface area contributed by atoms with Crippen molar-refractivity contribution in [2.24, 2.45) is 0 Å². The molecule has 0 N–H and O–H groups in total.